The molecule has 2 heterocycles. The van der Waals surface area contributed by atoms with Crippen LogP contribution in [0, 0.1) is 18.8 Å². The number of nitrogen functional groups attached to an aromatic ring is 1. The van der Waals surface area contributed by atoms with Crippen molar-refractivity contribution in [3.05, 3.63) is 11.4 Å². The molecule has 2 atom stereocenters. The van der Waals surface area contributed by atoms with Crippen LogP contribution in [0.25, 0.3) is 0 Å². The fourth-order valence-corrected chi connectivity index (χ4v) is 2.79. The maximum absolute atomic E-state index is 12.7. The van der Waals surface area contributed by atoms with Gasteiger partial charge in [-0.25, -0.2) is 0 Å². The predicted octanol–water partition coefficient (Wildman–Crippen LogP) is 0.675. The molecule has 21 heavy (non-hydrogen) atoms. The molecule has 0 spiro atoms. The summed E-state index contributed by atoms with van der Waals surface area (Å²) in [5, 5.41) is 4.26. The van der Waals surface area contributed by atoms with Crippen molar-refractivity contribution < 1.29 is 14.3 Å². The Morgan fingerprint density at radius 3 is 2.67 bits per heavy atom. The molecule has 1 aliphatic heterocycles. The van der Waals surface area contributed by atoms with Gasteiger partial charge in [0.25, 0.3) is 5.91 Å². The predicted molar refractivity (Wildman–Crippen MR) is 77.6 cm³/mol. The molecule has 1 aromatic rings. The van der Waals surface area contributed by atoms with Crippen molar-refractivity contribution in [2.45, 2.75) is 27.3 Å². The standard InChI is InChI=1S/C14H22N4O3/c1-5-18-12(11(15)9(3)16-18)13(19)17-6-8(2)10(7-17)14(20)21-4/h8,10H,5-7,15H2,1-4H3. The maximum Gasteiger partial charge on any atom is 0.310 e. The average Bonchev–Trinajstić information content (AvgIpc) is 2.99. The van der Waals surface area contributed by atoms with Crippen LogP contribution in [0.15, 0.2) is 0 Å². The molecule has 0 aliphatic carbocycles. The van der Waals surface area contributed by atoms with Crippen molar-refractivity contribution in [1.29, 1.82) is 0 Å². The molecular weight excluding hydrogens is 272 g/mol. The Balaban J connectivity index is 2.24. The first-order chi connectivity index (χ1) is 9.90. The zero-order valence-electron chi connectivity index (χ0n) is 12.9. The van der Waals surface area contributed by atoms with Crippen molar-refractivity contribution in [3.8, 4) is 0 Å². The summed E-state index contributed by atoms with van der Waals surface area (Å²) in [6.45, 7) is 7.09. The Labute approximate surface area is 124 Å². The lowest BCUT2D eigenvalue weighted by Crippen LogP contribution is -2.32. The number of carbonyl (C=O) groups is 2. The molecular formula is C14H22N4O3. The van der Waals surface area contributed by atoms with Gasteiger partial charge < -0.3 is 15.4 Å². The molecule has 7 heteroatoms. The number of nitrogens with two attached hydrogens (primary N) is 1. The summed E-state index contributed by atoms with van der Waals surface area (Å²) >= 11 is 0. The van der Waals surface area contributed by atoms with Crippen LogP contribution in [0.2, 0.25) is 0 Å². The summed E-state index contributed by atoms with van der Waals surface area (Å²) in [5.41, 5.74) is 7.45. The van der Waals surface area contributed by atoms with E-state index in [2.05, 4.69) is 5.10 Å². The van der Waals surface area contributed by atoms with Gasteiger partial charge in [0, 0.05) is 19.6 Å². The summed E-state index contributed by atoms with van der Waals surface area (Å²) in [6, 6.07) is 0. The Morgan fingerprint density at radius 2 is 2.10 bits per heavy atom. The molecule has 0 aromatic carbocycles. The number of likely N-dealkylation sites (tertiary alicyclic amines) is 1. The van der Waals surface area contributed by atoms with E-state index in [0.29, 0.717) is 36.7 Å². The van der Waals surface area contributed by atoms with E-state index in [9.17, 15) is 9.59 Å². The molecule has 1 aliphatic rings. The highest BCUT2D eigenvalue weighted by atomic mass is 16.5. The van der Waals surface area contributed by atoms with E-state index in [1.807, 2.05) is 13.8 Å². The van der Waals surface area contributed by atoms with E-state index in [0.717, 1.165) is 0 Å². The van der Waals surface area contributed by atoms with Crippen LogP contribution in [0.5, 0.6) is 0 Å². The normalized spacial score (nSPS) is 21.6. The summed E-state index contributed by atoms with van der Waals surface area (Å²) in [7, 11) is 1.37. The maximum atomic E-state index is 12.7. The highest BCUT2D eigenvalue weighted by Gasteiger charge is 2.39. The Morgan fingerprint density at radius 1 is 1.43 bits per heavy atom. The highest BCUT2D eigenvalue weighted by molar-refractivity contribution is 5.98. The number of ether oxygens (including phenoxy) is 1. The molecule has 1 fully saturated rings. The van der Waals surface area contributed by atoms with E-state index >= 15 is 0 Å². The van der Waals surface area contributed by atoms with Crippen molar-refractivity contribution in [1.82, 2.24) is 14.7 Å². The van der Waals surface area contributed by atoms with Crippen LogP contribution in [-0.4, -0.2) is 46.8 Å². The first-order valence-corrected chi connectivity index (χ1v) is 7.10. The summed E-state index contributed by atoms with van der Waals surface area (Å²) < 4.78 is 6.41. The molecule has 1 aromatic heterocycles. The van der Waals surface area contributed by atoms with Crippen LogP contribution in [0.3, 0.4) is 0 Å². The molecule has 0 bridgehead atoms. The summed E-state index contributed by atoms with van der Waals surface area (Å²) in [4.78, 5) is 26.1. The SMILES string of the molecule is CCn1nc(C)c(N)c1C(=O)N1CC(C)C(C(=O)OC)C1. The number of methoxy groups -OCH3 is 1. The van der Waals surface area contributed by atoms with E-state index in [4.69, 9.17) is 10.5 Å². The summed E-state index contributed by atoms with van der Waals surface area (Å²) in [5.74, 6) is -0.653. The van der Waals surface area contributed by atoms with Gasteiger partial charge in [0.1, 0.15) is 5.69 Å². The van der Waals surface area contributed by atoms with Gasteiger partial charge in [0.15, 0.2) is 0 Å². The lowest BCUT2D eigenvalue weighted by molar-refractivity contribution is -0.146. The summed E-state index contributed by atoms with van der Waals surface area (Å²) in [6.07, 6.45) is 0. The first-order valence-electron chi connectivity index (χ1n) is 7.10. The van der Waals surface area contributed by atoms with Crippen LogP contribution < -0.4 is 5.73 Å². The fraction of sp³-hybridized carbons (Fsp3) is 0.643. The van der Waals surface area contributed by atoms with Crippen LogP contribution >= 0.6 is 0 Å². The number of amides is 1. The fourth-order valence-electron chi connectivity index (χ4n) is 2.79. The molecule has 0 saturated carbocycles. The van der Waals surface area contributed by atoms with E-state index in [-0.39, 0.29) is 23.7 Å². The number of aromatic nitrogens is 2. The van der Waals surface area contributed by atoms with Crippen molar-refractivity contribution in [2.75, 3.05) is 25.9 Å². The quantitative estimate of drug-likeness (QED) is 0.828. The third-order valence-corrected chi connectivity index (χ3v) is 4.08. The Hall–Kier alpha value is -2.05. The zero-order chi connectivity index (χ0) is 15.7. The Kier molecular flexibility index (Phi) is 4.20. The van der Waals surface area contributed by atoms with E-state index < -0.39 is 0 Å². The van der Waals surface area contributed by atoms with E-state index in [1.54, 1.807) is 16.5 Å². The van der Waals surface area contributed by atoms with Gasteiger partial charge in [0.2, 0.25) is 0 Å². The monoisotopic (exact) mass is 294 g/mol. The average molecular weight is 294 g/mol. The highest BCUT2D eigenvalue weighted by Crippen LogP contribution is 2.27. The molecule has 2 rings (SSSR count). The molecule has 2 N–H and O–H groups in total. The second kappa shape index (κ2) is 5.75. The molecule has 116 valence electrons. The van der Waals surface area contributed by atoms with Gasteiger partial charge in [-0.2, -0.15) is 5.10 Å². The third kappa shape index (κ3) is 2.59. The smallest absolute Gasteiger partial charge is 0.310 e. The number of hydrogen-bond donors (Lipinski definition) is 1. The van der Waals surface area contributed by atoms with Gasteiger partial charge in [0.05, 0.1) is 24.4 Å². The molecule has 0 radical (unpaired) electrons. The van der Waals surface area contributed by atoms with Gasteiger partial charge >= 0.3 is 5.97 Å². The third-order valence-electron chi connectivity index (χ3n) is 4.08. The second-order valence-electron chi connectivity index (χ2n) is 5.48. The zero-order valence-corrected chi connectivity index (χ0v) is 12.9. The lowest BCUT2D eigenvalue weighted by atomic mass is 9.99. The van der Waals surface area contributed by atoms with Crippen LogP contribution in [-0.2, 0) is 16.1 Å². The van der Waals surface area contributed by atoms with Gasteiger partial charge in [-0.3, -0.25) is 14.3 Å². The van der Waals surface area contributed by atoms with Gasteiger partial charge in [-0.15, -0.1) is 0 Å². The van der Waals surface area contributed by atoms with Gasteiger partial charge in [-0.05, 0) is 19.8 Å². The number of anilines is 1. The van der Waals surface area contributed by atoms with E-state index in [1.165, 1.54) is 7.11 Å². The number of aryl methyl sites for hydroxylation is 2. The topological polar surface area (TPSA) is 90.5 Å². The lowest BCUT2D eigenvalue weighted by Gasteiger charge is -2.17. The van der Waals surface area contributed by atoms with Gasteiger partial charge in [-0.1, -0.05) is 6.92 Å². The number of nitrogens with zero attached hydrogens (tertiary/aromatic N) is 3. The number of esters is 1. The van der Waals surface area contributed by atoms with Crippen LogP contribution in [0.4, 0.5) is 5.69 Å². The number of carbonyl (C=O) groups excluding carboxylic acids is 2. The van der Waals surface area contributed by atoms with Crippen LogP contribution in [0.1, 0.15) is 30.0 Å². The van der Waals surface area contributed by atoms with Crippen molar-refractivity contribution >= 4 is 17.6 Å². The Bertz CT molecular complexity index is 567. The largest absolute Gasteiger partial charge is 0.469 e. The number of hydrogen-bond acceptors (Lipinski definition) is 5. The molecule has 2 unspecified atom stereocenters. The van der Waals surface area contributed by atoms with Crippen molar-refractivity contribution in [2.24, 2.45) is 11.8 Å². The minimum Gasteiger partial charge on any atom is -0.469 e. The second-order valence-corrected chi connectivity index (χ2v) is 5.48. The molecule has 7 nitrogen and oxygen atoms in total. The van der Waals surface area contributed by atoms with Crippen molar-refractivity contribution in [3.63, 3.8) is 0 Å². The number of rotatable bonds is 3. The molecule has 1 saturated heterocycles. The first kappa shape index (κ1) is 15.3. The minimum atomic E-state index is -0.278. The minimum absolute atomic E-state index is 0.0710. The molecule has 1 amide bonds.